The SMILES string of the molecule is CCOC(=O)C(=O)C(C)C(N=O)c1cccs1. The van der Waals surface area contributed by atoms with Crippen molar-refractivity contribution >= 4 is 23.1 Å². The van der Waals surface area contributed by atoms with Gasteiger partial charge in [-0.1, -0.05) is 18.2 Å². The average Bonchev–Trinajstić information content (AvgIpc) is 2.83. The van der Waals surface area contributed by atoms with Crippen LogP contribution in [0.2, 0.25) is 0 Å². The summed E-state index contributed by atoms with van der Waals surface area (Å²) in [5, 5.41) is 4.71. The van der Waals surface area contributed by atoms with Gasteiger partial charge in [0.25, 0.3) is 0 Å². The molecule has 2 atom stereocenters. The Morgan fingerprint density at radius 1 is 1.53 bits per heavy atom. The minimum atomic E-state index is -0.912. The molecule has 0 radical (unpaired) electrons. The third-order valence-corrected chi connectivity index (χ3v) is 3.25. The minimum Gasteiger partial charge on any atom is -0.460 e. The van der Waals surface area contributed by atoms with Crippen LogP contribution in [-0.2, 0) is 14.3 Å². The van der Waals surface area contributed by atoms with Crippen LogP contribution in [0.1, 0.15) is 24.8 Å². The number of esters is 1. The number of hydrogen-bond acceptors (Lipinski definition) is 6. The molecule has 0 bridgehead atoms. The predicted octanol–water partition coefficient (Wildman–Crippen LogP) is 2.32. The summed E-state index contributed by atoms with van der Waals surface area (Å²) < 4.78 is 4.61. The number of nitrogens with zero attached hydrogens (tertiary/aromatic N) is 1. The van der Waals surface area contributed by atoms with Crippen molar-refractivity contribution < 1.29 is 14.3 Å². The molecule has 92 valence electrons. The Morgan fingerprint density at radius 2 is 2.24 bits per heavy atom. The molecule has 1 rings (SSSR count). The fourth-order valence-corrected chi connectivity index (χ4v) is 2.24. The summed E-state index contributed by atoms with van der Waals surface area (Å²) in [5.41, 5.74) is 0. The molecule has 0 saturated carbocycles. The molecule has 0 fully saturated rings. The Bertz CT molecular complexity index is 402. The summed E-state index contributed by atoms with van der Waals surface area (Å²) in [6.07, 6.45) is 0. The molecule has 0 aliphatic carbocycles. The Hall–Kier alpha value is -1.56. The first kappa shape index (κ1) is 13.5. The lowest BCUT2D eigenvalue weighted by molar-refractivity contribution is -0.155. The lowest BCUT2D eigenvalue weighted by atomic mass is 9.96. The molecule has 2 unspecified atom stereocenters. The lowest BCUT2D eigenvalue weighted by Gasteiger charge is -2.13. The van der Waals surface area contributed by atoms with Crippen molar-refractivity contribution in [3.05, 3.63) is 27.3 Å². The highest BCUT2D eigenvalue weighted by Gasteiger charge is 2.32. The van der Waals surface area contributed by atoms with E-state index in [0.29, 0.717) is 4.88 Å². The van der Waals surface area contributed by atoms with Crippen LogP contribution in [-0.4, -0.2) is 18.4 Å². The van der Waals surface area contributed by atoms with E-state index in [9.17, 15) is 14.5 Å². The van der Waals surface area contributed by atoms with E-state index in [1.165, 1.54) is 18.3 Å². The van der Waals surface area contributed by atoms with Crippen LogP contribution in [0, 0.1) is 10.8 Å². The molecule has 0 aliphatic heterocycles. The second kappa shape index (κ2) is 6.24. The topological polar surface area (TPSA) is 72.8 Å². The molecule has 6 heteroatoms. The maximum atomic E-state index is 11.7. The molecular formula is C11H13NO4S. The van der Waals surface area contributed by atoms with Gasteiger partial charge in [0.15, 0.2) is 0 Å². The van der Waals surface area contributed by atoms with Gasteiger partial charge in [0.05, 0.1) is 12.5 Å². The van der Waals surface area contributed by atoms with E-state index in [2.05, 4.69) is 9.91 Å². The Labute approximate surface area is 103 Å². The summed E-state index contributed by atoms with van der Waals surface area (Å²) in [7, 11) is 0. The zero-order valence-electron chi connectivity index (χ0n) is 9.58. The van der Waals surface area contributed by atoms with Crippen molar-refractivity contribution in [2.45, 2.75) is 19.9 Å². The number of hydrogen-bond donors (Lipinski definition) is 0. The molecule has 0 saturated heterocycles. The smallest absolute Gasteiger partial charge is 0.374 e. The van der Waals surface area contributed by atoms with E-state index >= 15 is 0 Å². The molecule has 5 nitrogen and oxygen atoms in total. The second-order valence-corrected chi connectivity index (χ2v) is 4.42. The van der Waals surface area contributed by atoms with Gasteiger partial charge < -0.3 is 4.74 Å². The van der Waals surface area contributed by atoms with Gasteiger partial charge in [-0.15, -0.1) is 11.3 Å². The predicted molar refractivity (Wildman–Crippen MR) is 63.7 cm³/mol. The van der Waals surface area contributed by atoms with Crippen LogP contribution in [0.25, 0.3) is 0 Å². The zero-order chi connectivity index (χ0) is 12.8. The fourth-order valence-electron chi connectivity index (χ4n) is 1.38. The van der Waals surface area contributed by atoms with E-state index in [4.69, 9.17) is 0 Å². The highest BCUT2D eigenvalue weighted by atomic mass is 32.1. The summed E-state index contributed by atoms with van der Waals surface area (Å²) in [5.74, 6) is -2.43. The van der Waals surface area contributed by atoms with Gasteiger partial charge in [-0.25, -0.2) is 4.79 Å². The highest BCUT2D eigenvalue weighted by molar-refractivity contribution is 7.10. The van der Waals surface area contributed by atoms with E-state index in [-0.39, 0.29) is 6.61 Å². The molecule has 0 N–H and O–H groups in total. The van der Waals surface area contributed by atoms with Gasteiger partial charge in [0.2, 0.25) is 5.78 Å². The van der Waals surface area contributed by atoms with Crippen LogP contribution in [0.5, 0.6) is 0 Å². The molecule has 1 aromatic rings. The van der Waals surface area contributed by atoms with Crippen molar-refractivity contribution in [3.63, 3.8) is 0 Å². The van der Waals surface area contributed by atoms with Crippen LogP contribution in [0.3, 0.4) is 0 Å². The van der Waals surface area contributed by atoms with E-state index < -0.39 is 23.7 Å². The molecule has 0 spiro atoms. The largest absolute Gasteiger partial charge is 0.460 e. The monoisotopic (exact) mass is 255 g/mol. The van der Waals surface area contributed by atoms with Gasteiger partial charge in [0.1, 0.15) is 6.04 Å². The number of carbonyl (C=O) groups excluding carboxylic acids is 2. The number of thiophene rings is 1. The first-order valence-electron chi connectivity index (χ1n) is 5.18. The van der Waals surface area contributed by atoms with Gasteiger partial charge in [-0.05, 0) is 18.4 Å². The van der Waals surface area contributed by atoms with Crippen LogP contribution in [0.4, 0.5) is 0 Å². The number of Topliss-reactive ketones (excluding diaryl/α,β-unsaturated/α-hetero) is 1. The maximum Gasteiger partial charge on any atom is 0.374 e. The fraction of sp³-hybridized carbons (Fsp3) is 0.455. The normalized spacial score (nSPS) is 13.8. The first-order chi connectivity index (χ1) is 8.11. The summed E-state index contributed by atoms with van der Waals surface area (Å²) in [6, 6.07) is 2.65. The third kappa shape index (κ3) is 3.20. The number of ketones is 1. The van der Waals surface area contributed by atoms with Gasteiger partial charge in [0, 0.05) is 4.88 Å². The van der Waals surface area contributed by atoms with Gasteiger partial charge in [-0.2, -0.15) is 4.91 Å². The Kier molecular flexibility index (Phi) is 4.96. The zero-order valence-corrected chi connectivity index (χ0v) is 10.4. The van der Waals surface area contributed by atoms with Crippen molar-refractivity contribution in [2.75, 3.05) is 6.61 Å². The van der Waals surface area contributed by atoms with Gasteiger partial charge in [-0.3, -0.25) is 4.79 Å². The van der Waals surface area contributed by atoms with Crippen molar-refractivity contribution in [1.82, 2.24) is 0 Å². The van der Waals surface area contributed by atoms with Crippen LogP contribution >= 0.6 is 11.3 Å². The standard InChI is InChI=1S/C11H13NO4S/c1-3-16-11(14)10(13)7(2)9(12-15)8-5-4-6-17-8/h4-7,9H,3H2,1-2H3. The molecule has 1 heterocycles. The van der Waals surface area contributed by atoms with Gasteiger partial charge >= 0.3 is 5.97 Å². The van der Waals surface area contributed by atoms with Crippen LogP contribution in [0.15, 0.2) is 22.7 Å². The quantitative estimate of drug-likeness (QED) is 0.444. The molecule has 0 amide bonds. The van der Waals surface area contributed by atoms with E-state index in [0.717, 1.165) is 0 Å². The summed E-state index contributed by atoms with van der Waals surface area (Å²) >= 11 is 1.33. The second-order valence-electron chi connectivity index (χ2n) is 3.44. The molecule has 17 heavy (non-hydrogen) atoms. The van der Waals surface area contributed by atoms with E-state index in [1.807, 2.05) is 0 Å². The maximum absolute atomic E-state index is 11.7. The highest BCUT2D eigenvalue weighted by Crippen LogP contribution is 2.30. The number of ether oxygens (including phenoxy) is 1. The van der Waals surface area contributed by atoms with Crippen LogP contribution < -0.4 is 0 Å². The number of rotatable bonds is 6. The molecule has 0 aromatic carbocycles. The number of carbonyl (C=O) groups is 2. The number of nitroso groups, excluding NO2 is 1. The average molecular weight is 255 g/mol. The van der Waals surface area contributed by atoms with E-state index in [1.54, 1.807) is 24.4 Å². The molecule has 0 aliphatic rings. The summed E-state index contributed by atoms with van der Waals surface area (Å²) in [6.45, 7) is 3.26. The minimum absolute atomic E-state index is 0.134. The summed E-state index contributed by atoms with van der Waals surface area (Å²) in [4.78, 5) is 34.4. The van der Waals surface area contributed by atoms with Crippen molar-refractivity contribution in [2.24, 2.45) is 11.1 Å². The Morgan fingerprint density at radius 3 is 2.71 bits per heavy atom. The first-order valence-corrected chi connectivity index (χ1v) is 6.06. The van der Waals surface area contributed by atoms with Crippen molar-refractivity contribution in [3.8, 4) is 0 Å². The lowest BCUT2D eigenvalue weighted by Crippen LogP contribution is -2.27. The van der Waals surface area contributed by atoms with Crippen molar-refractivity contribution in [1.29, 1.82) is 0 Å². The molecular weight excluding hydrogens is 242 g/mol. The third-order valence-electron chi connectivity index (χ3n) is 2.31. The Balaban J connectivity index is 2.80. The molecule has 1 aromatic heterocycles.